The smallest absolute Gasteiger partial charge is 0.168 e. The fourth-order valence-corrected chi connectivity index (χ4v) is 8.78. The van der Waals surface area contributed by atoms with E-state index in [4.69, 9.17) is 14.6 Å². The van der Waals surface area contributed by atoms with Gasteiger partial charge in [-0.3, -0.25) is 4.57 Å². The Labute approximate surface area is 320 Å². The first-order chi connectivity index (χ1) is 27.8. The van der Waals surface area contributed by atoms with Gasteiger partial charge >= 0.3 is 0 Å². The molecule has 0 saturated carbocycles. The summed E-state index contributed by atoms with van der Waals surface area (Å²) in [7, 11) is 0. The third-order valence-corrected chi connectivity index (χ3v) is 11.2. The number of benzene rings is 8. The highest BCUT2D eigenvalue weighted by Gasteiger charge is 2.25. The van der Waals surface area contributed by atoms with Gasteiger partial charge in [-0.2, -0.15) is 0 Å². The van der Waals surface area contributed by atoms with Crippen LogP contribution >= 0.6 is 0 Å². The van der Waals surface area contributed by atoms with E-state index >= 15 is 0 Å². The van der Waals surface area contributed by atoms with Crippen LogP contribution in [0.25, 0.3) is 105 Å². The summed E-state index contributed by atoms with van der Waals surface area (Å²) in [6, 6.07) is 66.2. The van der Waals surface area contributed by atoms with Crippen molar-refractivity contribution in [3.05, 3.63) is 188 Å². The van der Waals surface area contributed by atoms with Crippen molar-refractivity contribution in [3.63, 3.8) is 0 Å². The first kappa shape index (κ1) is 30.7. The average Bonchev–Trinajstić information content (AvgIpc) is 4.03. The second kappa shape index (κ2) is 11.9. The molecule has 0 aliphatic heterocycles. The van der Waals surface area contributed by atoms with E-state index < -0.39 is 0 Å². The van der Waals surface area contributed by atoms with E-state index in [0.717, 1.165) is 89.2 Å². The maximum Gasteiger partial charge on any atom is 0.168 e. The number of hydrogen-bond donors (Lipinski definition) is 0. The van der Waals surface area contributed by atoms with Crippen molar-refractivity contribution in [2.75, 3.05) is 0 Å². The van der Waals surface area contributed by atoms with Crippen molar-refractivity contribution in [2.24, 2.45) is 0 Å². The number of fused-ring (bicyclic) bond motifs is 9. The second-order valence-electron chi connectivity index (χ2n) is 14.2. The molecule has 6 heteroatoms. The molecule has 0 unspecified atom stereocenters. The number of para-hydroxylation sites is 6. The lowest BCUT2D eigenvalue weighted by Crippen LogP contribution is -2.06. The highest BCUT2D eigenvalue weighted by atomic mass is 16.3. The molecule has 0 aliphatic rings. The van der Waals surface area contributed by atoms with Gasteiger partial charge in [-0.15, -0.1) is 10.2 Å². The normalized spacial score (nSPS) is 11.9. The number of aromatic nitrogens is 5. The van der Waals surface area contributed by atoms with Crippen LogP contribution in [0.5, 0.6) is 0 Å². The molecule has 262 valence electrons. The van der Waals surface area contributed by atoms with Gasteiger partial charge in [-0.25, -0.2) is 0 Å². The van der Waals surface area contributed by atoms with E-state index in [1.807, 2.05) is 24.3 Å². The maximum atomic E-state index is 6.48. The molecule has 0 N–H and O–H groups in total. The first-order valence-electron chi connectivity index (χ1n) is 18.8. The lowest BCUT2D eigenvalue weighted by Gasteiger charge is -2.19. The molecule has 56 heavy (non-hydrogen) atoms. The maximum absolute atomic E-state index is 6.48. The van der Waals surface area contributed by atoms with Crippen molar-refractivity contribution in [1.29, 1.82) is 0 Å². The van der Waals surface area contributed by atoms with Crippen molar-refractivity contribution >= 4 is 65.6 Å². The van der Waals surface area contributed by atoms with E-state index in [1.165, 1.54) is 16.2 Å². The third-order valence-electron chi connectivity index (χ3n) is 11.2. The Morgan fingerprint density at radius 1 is 0.321 bits per heavy atom. The Morgan fingerprint density at radius 2 is 0.839 bits per heavy atom. The van der Waals surface area contributed by atoms with E-state index in [9.17, 15) is 0 Å². The minimum absolute atomic E-state index is 0.777. The lowest BCUT2D eigenvalue weighted by atomic mass is 10.1. The zero-order valence-electron chi connectivity index (χ0n) is 30.0. The summed E-state index contributed by atoms with van der Waals surface area (Å²) in [5.41, 5.74) is 11.2. The van der Waals surface area contributed by atoms with E-state index in [-0.39, 0.29) is 0 Å². The second-order valence-corrected chi connectivity index (χ2v) is 14.2. The predicted molar refractivity (Wildman–Crippen MR) is 228 cm³/mol. The molecule has 0 atom stereocenters. The molecule has 8 aromatic carbocycles. The summed E-state index contributed by atoms with van der Waals surface area (Å²) in [6.45, 7) is 0. The summed E-state index contributed by atoms with van der Waals surface area (Å²) in [5, 5.41) is 16.6. The lowest BCUT2D eigenvalue weighted by molar-refractivity contribution is 0.669. The molecule has 0 bridgehead atoms. The Bertz CT molecular complexity index is 3420. The van der Waals surface area contributed by atoms with Gasteiger partial charge in [0.15, 0.2) is 11.6 Å². The Kier molecular flexibility index (Phi) is 6.53. The van der Waals surface area contributed by atoms with Crippen LogP contribution in [0.1, 0.15) is 0 Å². The topological polar surface area (TPSA) is 53.7 Å². The van der Waals surface area contributed by atoms with Gasteiger partial charge in [0.05, 0.1) is 39.1 Å². The number of hydrogen-bond acceptors (Lipinski definition) is 3. The summed E-state index contributed by atoms with van der Waals surface area (Å²) >= 11 is 0. The average molecular weight is 718 g/mol. The van der Waals surface area contributed by atoms with E-state index in [2.05, 4.69) is 177 Å². The van der Waals surface area contributed by atoms with Gasteiger partial charge < -0.3 is 13.6 Å². The van der Waals surface area contributed by atoms with Crippen LogP contribution in [0.4, 0.5) is 0 Å². The molecule has 0 saturated heterocycles. The quantitative estimate of drug-likeness (QED) is 0.178. The molecular weight excluding hydrogens is 687 g/mol. The fraction of sp³-hybridized carbons (Fsp3) is 0. The van der Waals surface area contributed by atoms with Crippen LogP contribution in [-0.4, -0.2) is 23.9 Å². The highest BCUT2D eigenvalue weighted by Crippen LogP contribution is 2.43. The minimum atomic E-state index is 0.777. The summed E-state index contributed by atoms with van der Waals surface area (Å²) < 4.78 is 13.5. The van der Waals surface area contributed by atoms with Crippen LogP contribution < -0.4 is 0 Å². The molecule has 0 fully saturated rings. The SMILES string of the molecule is c1ccc(-c2nnc(-c3ccccc3)n2-c2cccc3c4ccccc4n(-c4ccccc4-n4c5ccccc5c5cc6c(cc54)oc4ccccc46)c23)cc1. The fourth-order valence-electron chi connectivity index (χ4n) is 8.78. The van der Waals surface area contributed by atoms with Crippen LogP contribution in [0.2, 0.25) is 0 Å². The van der Waals surface area contributed by atoms with E-state index in [1.54, 1.807) is 0 Å². The number of furan rings is 1. The van der Waals surface area contributed by atoms with Crippen molar-refractivity contribution < 1.29 is 4.42 Å². The zero-order valence-corrected chi connectivity index (χ0v) is 30.0. The molecule has 4 aromatic heterocycles. The van der Waals surface area contributed by atoms with Crippen molar-refractivity contribution in [3.8, 4) is 39.8 Å². The van der Waals surface area contributed by atoms with Gasteiger partial charge in [0, 0.05) is 49.5 Å². The minimum Gasteiger partial charge on any atom is -0.456 e. The van der Waals surface area contributed by atoms with Gasteiger partial charge in [0.2, 0.25) is 0 Å². The largest absolute Gasteiger partial charge is 0.456 e. The van der Waals surface area contributed by atoms with Crippen LogP contribution in [0.3, 0.4) is 0 Å². The molecule has 12 rings (SSSR count). The summed E-state index contributed by atoms with van der Waals surface area (Å²) in [6.07, 6.45) is 0. The molecule has 0 aliphatic carbocycles. The van der Waals surface area contributed by atoms with Gasteiger partial charge in [-0.05, 0) is 42.5 Å². The molecular formula is C50H31N5O. The van der Waals surface area contributed by atoms with E-state index in [0.29, 0.717) is 0 Å². The monoisotopic (exact) mass is 717 g/mol. The molecule has 6 nitrogen and oxygen atoms in total. The highest BCUT2D eigenvalue weighted by molar-refractivity contribution is 6.18. The van der Waals surface area contributed by atoms with Gasteiger partial charge in [0.1, 0.15) is 11.2 Å². The molecule has 12 aromatic rings. The van der Waals surface area contributed by atoms with Crippen molar-refractivity contribution in [1.82, 2.24) is 23.9 Å². The van der Waals surface area contributed by atoms with Crippen LogP contribution in [0.15, 0.2) is 192 Å². The standard InChI is InChI=1S/C50H31N5O/c1-3-16-32(17-4-1)49-51-52-50(33-18-5-2-6-19-33)55(49)44-28-15-23-37-34-20-7-11-25-41(34)54(48(37)44)43-27-13-12-26-42(43)53-40-24-10-8-21-35(40)38-30-39-36-22-9-14-29-46(36)56-47(39)31-45(38)53/h1-31H. The third kappa shape index (κ3) is 4.38. The number of rotatable bonds is 5. The van der Waals surface area contributed by atoms with Gasteiger partial charge in [0.25, 0.3) is 0 Å². The zero-order chi connectivity index (χ0) is 36.7. The van der Waals surface area contributed by atoms with Gasteiger partial charge in [-0.1, -0.05) is 140 Å². The molecule has 0 radical (unpaired) electrons. The van der Waals surface area contributed by atoms with Crippen LogP contribution in [-0.2, 0) is 0 Å². The predicted octanol–water partition coefficient (Wildman–Crippen LogP) is 12.7. The Balaban J connectivity index is 1.20. The number of nitrogens with zero attached hydrogens (tertiary/aromatic N) is 5. The Morgan fingerprint density at radius 3 is 1.54 bits per heavy atom. The summed E-state index contributed by atoms with van der Waals surface area (Å²) in [5.74, 6) is 1.55. The molecule has 0 spiro atoms. The van der Waals surface area contributed by atoms with Crippen LogP contribution in [0, 0.1) is 0 Å². The summed E-state index contributed by atoms with van der Waals surface area (Å²) in [4.78, 5) is 0. The first-order valence-corrected chi connectivity index (χ1v) is 18.8. The molecule has 0 amide bonds. The van der Waals surface area contributed by atoms with Crippen molar-refractivity contribution in [2.45, 2.75) is 0 Å². The molecule has 4 heterocycles. The Hall–Kier alpha value is -7.70.